The minimum absolute atomic E-state index is 0.0219. The number of carbonyl (C=O) groups is 2. The molecular formula is C25H18ClN2O5-. The third kappa shape index (κ3) is 5.22. The maximum absolute atomic E-state index is 13.0. The van der Waals surface area contributed by atoms with E-state index in [-0.39, 0.29) is 29.1 Å². The van der Waals surface area contributed by atoms with Crippen molar-refractivity contribution in [2.75, 3.05) is 7.11 Å². The van der Waals surface area contributed by atoms with Gasteiger partial charge in [0.05, 0.1) is 18.8 Å². The van der Waals surface area contributed by atoms with Crippen LogP contribution in [0.3, 0.4) is 0 Å². The number of benzene rings is 3. The summed E-state index contributed by atoms with van der Waals surface area (Å²) in [7, 11) is 1.54. The molecule has 0 bridgehead atoms. The number of nitrogens with zero attached hydrogens (tertiary/aromatic N) is 1. The lowest BCUT2D eigenvalue weighted by Crippen LogP contribution is -2.28. The number of hydrogen-bond acceptors (Lipinski definition) is 6. The number of aromatic carboxylic acids is 1. The Labute approximate surface area is 193 Å². The Hall–Kier alpha value is -4.10. The molecule has 0 radical (unpaired) electrons. The summed E-state index contributed by atoms with van der Waals surface area (Å²) < 4.78 is 11.2. The van der Waals surface area contributed by atoms with Crippen molar-refractivity contribution in [3.63, 3.8) is 0 Å². The molecule has 7 nitrogen and oxygen atoms in total. The summed E-state index contributed by atoms with van der Waals surface area (Å²) in [5.74, 6) is -1.08. The molecule has 0 saturated heterocycles. The van der Waals surface area contributed by atoms with Crippen LogP contribution in [0.2, 0.25) is 5.02 Å². The van der Waals surface area contributed by atoms with Crippen LogP contribution in [0.25, 0.3) is 11.0 Å². The van der Waals surface area contributed by atoms with Crippen molar-refractivity contribution in [2.45, 2.75) is 6.54 Å². The molecule has 4 aromatic rings. The zero-order valence-electron chi connectivity index (χ0n) is 17.5. The first-order valence-electron chi connectivity index (χ1n) is 9.93. The van der Waals surface area contributed by atoms with Crippen LogP contribution in [0.15, 0.2) is 82.2 Å². The molecule has 8 heteroatoms. The number of rotatable bonds is 6. The van der Waals surface area contributed by atoms with Crippen LogP contribution in [0, 0.1) is 0 Å². The van der Waals surface area contributed by atoms with Crippen LogP contribution in [-0.2, 0) is 6.54 Å². The highest BCUT2D eigenvalue weighted by atomic mass is 35.5. The summed E-state index contributed by atoms with van der Waals surface area (Å²) >= 11 is 6.02. The van der Waals surface area contributed by atoms with Crippen LogP contribution >= 0.6 is 11.6 Å². The molecule has 0 saturated carbocycles. The van der Waals surface area contributed by atoms with E-state index in [1.165, 1.54) is 24.3 Å². The van der Waals surface area contributed by atoms with Gasteiger partial charge >= 0.3 is 0 Å². The SMILES string of the molecule is COc1ccc2cc(C(=O)NCc3cccc(Cl)c3)c(=Nc3ccc(C(=O)[O-])cc3)oc2c1. The molecule has 0 atom stereocenters. The standard InChI is InChI=1S/C25H19ClN2O5/c1-32-20-10-7-17-12-21(23(29)27-14-15-3-2-4-18(26)11-15)24(33-22(17)13-20)28-19-8-5-16(6-9-19)25(30)31/h2-13H,14H2,1H3,(H,27,29)(H,30,31)/p-1. The number of hydrogen-bond donors (Lipinski definition) is 1. The predicted octanol–water partition coefficient (Wildman–Crippen LogP) is 3.62. The quantitative estimate of drug-likeness (QED) is 0.472. The molecule has 0 aliphatic heterocycles. The van der Waals surface area contributed by atoms with Crippen molar-refractivity contribution in [2.24, 2.45) is 4.99 Å². The molecule has 1 heterocycles. The molecule has 33 heavy (non-hydrogen) atoms. The van der Waals surface area contributed by atoms with Gasteiger partial charge in [-0.25, -0.2) is 4.99 Å². The van der Waals surface area contributed by atoms with E-state index in [2.05, 4.69) is 10.3 Å². The van der Waals surface area contributed by atoms with E-state index in [9.17, 15) is 14.7 Å². The number of carbonyl (C=O) groups excluding carboxylic acids is 2. The van der Waals surface area contributed by atoms with Gasteiger partial charge in [0.15, 0.2) is 0 Å². The van der Waals surface area contributed by atoms with Gasteiger partial charge in [-0.05, 0) is 53.6 Å². The minimum Gasteiger partial charge on any atom is -0.545 e. The highest BCUT2D eigenvalue weighted by Gasteiger charge is 2.13. The van der Waals surface area contributed by atoms with Gasteiger partial charge in [0.25, 0.3) is 5.91 Å². The summed E-state index contributed by atoms with van der Waals surface area (Å²) in [5, 5.41) is 15.1. The Morgan fingerprint density at radius 3 is 2.55 bits per heavy atom. The lowest BCUT2D eigenvalue weighted by molar-refractivity contribution is -0.255. The van der Waals surface area contributed by atoms with Gasteiger partial charge in [-0.2, -0.15) is 0 Å². The Balaban J connectivity index is 1.75. The Kier molecular flexibility index (Phi) is 6.42. The molecule has 1 amide bonds. The highest BCUT2D eigenvalue weighted by molar-refractivity contribution is 6.30. The van der Waals surface area contributed by atoms with Crippen molar-refractivity contribution in [1.29, 1.82) is 0 Å². The highest BCUT2D eigenvalue weighted by Crippen LogP contribution is 2.21. The van der Waals surface area contributed by atoms with Crippen LogP contribution < -0.4 is 20.7 Å². The summed E-state index contributed by atoms with van der Waals surface area (Å²) in [6, 6.07) is 19.9. The van der Waals surface area contributed by atoms with E-state index in [1.807, 2.05) is 6.07 Å². The lowest BCUT2D eigenvalue weighted by Gasteiger charge is -2.08. The number of amides is 1. The number of ether oxygens (including phenoxy) is 1. The average molecular weight is 462 g/mol. The Morgan fingerprint density at radius 1 is 1.06 bits per heavy atom. The fraction of sp³-hybridized carbons (Fsp3) is 0.0800. The fourth-order valence-electron chi connectivity index (χ4n) is 3.19. The maximum atomic E-state index is 13.0. The van der Waals surface area contributed by atoms with Crippen molar-refractivity contribution >= 4 is 40.1 Å². The third-order valence-corrected chi connectivity index (χ3v) is 5.11. The van der Waals surface area contributed by atoms with Crippen LogP contribution in [0.5, 0.6) is 5.75 Å². The first-order valence-corrected chi connectivity index (χ1v) is 10.3. The zero-order chi connectivity index (χ0) is 23.4. The summed E-state index contributed by atoms with van der Waals surface area (Å²) in [6.45, 7) is 0.264. The van der Waals surface area contributed by atoms with E-state index >= 15 is 0 Å². The van der Waals surface area contributed by atoms with E-state index in [0.29, 0.717) is 27.4 Å². The zero-order valence-corrected chi connectivity index (χ0v) is 18.3. The van der Waals surface area contributed by atoms with Crippen LogP contribution in [-0.4, -0.2) is 19.0 Å². The number of carboxylic acids is 1. The first-order chi connectivity index (χ1) is 15.9. The predicted molar refractivity (Wildman–Crippen MR) is 121 cm³/mol. The number of fused-ring (bicyclic) bond motifs is 1. The Morgan fingerprint density at radius 2 is 1.85 bits per heavy atom. The van der Waals surface area contributed by atoms with E-state index in [4.69, 9.17) is 20.8 Å². The fourth-order valence-corrected chi connectivity index (χ4v) is 3.40. The van der Waals surface area contributed by atoms with Gasteiger partial charge < -0.3 is 24.4 Å². The van der Waals surface area contributed by atoms with Crippen molar-refractivity contribution in [1.82, 2.24) is 5.32 Å². The van der Waals surface area contributed by atoms with E-state index in [0.717, 1.165) is 5.56 Å². The maximum Gasteiger partial charge on any atom is 0.257 e. The number of methoxy groups -OCH3 is 1. The molecular weight excluding hydrogens is 444 g/mol. The van der Waals surface area contributed by atoms with Gasteiger partial charge in [-0.15, -0.1) is 0 Å². The molecule has 0 spiro atoms. The van der Waals surface area contributed by atoms with Gasteiger partial charge in [-0.3, -0.25) is 4.79 Å². The van der Waals surface area contributed by atoms with Crippen molar-refractivity contribution in [3.05, 3.63) is 100 Å². The molecule has 1 aromatic heterocycles. The van der Waals surface area contributed by atoms with Crippen LogP contribution in [0.4, 0.5) is 5.69 Å². The molecule has 0 aliphatic carbocycles. The molecule has 1 N–H and O–H groups in total. The molecule has 166 valence electrons. The van der Waals surface area contributed by atoms with E-state index < -0.39 is 5.97 Å². The van der Waals surface area contributed by atoms with Gasteiger partial charge in [0.1, 0.15) is 16.9 Å². The van der Waals surface area contributed by atoms with Crippen molar-refractivity contribution < 1.29 is 23.8 Å². The average Bonchev–Trinajstić information content (AvgIpc) is 2.82. The smallest absolute Gasteiger partial charge is 0.257 e. The third-order valence-electron chi connectivity index (χ3n) is 4.88. The monoisotopic (exact) mass is 461 g/mol. The topological polar surface area (TPSA) is 104 Å². The normalized spacial score (nSPS) is 11.4. The van der Waals surface area contributed by atoms with E-state index in [1.54, 1.807) is 49.6 Å². The Bertz CT molecular complexity index is 1410. The molecule has 3 aromatic carbocycles. The number of carboxylic acid groups (broad SMARTS) is 1. The largest absolute Gasteiger partial charge is 0.545 e. The summed E-state index contributed by atoms with van der Waals surface area (Å²) in [4.78, 5) is 28.5. The summed E-state index contributed by atoms with van der Waals surface area (Å²) in [6.07, 6.45) is 0. The molecule has 0 fully saturated rings. The second-order valence-corrected chi connectivity index (χ2v) is 7.56. The molecule has 0 aliphatic rings. The van der Waals surface area contributed by atoms with Gasteiger partial charge in [-0.1, -0.05) is 35.9 Å². The summed E-state index contributed by atoms with van der Waals surface area (Å²) in [5.41, 5.74) is 2.04. The number of halogens is 1. The lowest BCUT2D eigenvalue weighted by atomic mass is 10.1. The van der Waals surface area contributed by atoms with Gasteiger partial charge in [0, 0.05) is 23.0 Å². The molecule has 0 unspecified atom stereocenters. The first kappa shape index (κ1) is 22.1. The second kappa shape index (κ2) is 9.58. The second-order valence-electron chi connectivity index (χ2n) is 7.13. The van der Waals surface area contributed by atoms with Crippen LogP contribution in [0.1, 0.15) is 26.3 Å². The number of nitrogens with one attached hydrogen (secondary N) is 1. The molecule has 4 rings (SSSR count). The van der Waals surface area contributed by atoms with Crippen molar-refractivity contribution in [3.8, 4) is 5.75 Å². The minimum atomic E-state index is -1.29. The van der Waals surface area contributed by atoms with Gasteiger partial charge in [0.2, 0.25) is 5.55 Å².